The van der Waals surface area contributed by atoms with Gasteiger partial charge in [0.2, 0.25) is 0 Å². The summed E-state index contributed by atoms with van der Waals surface area (Å²) in [6.45, 7) is 2.89. The molecule has 0 radical (unpaired) electrons. The zero-order chi connectivity index (χ0) is 21.1. The topological polar surface area (TPSA) is 62.2 Å². The molecule has 0 spiro atoms. The van der Waals surface area contributed by atoms with E-state index in [4.69, 9.17) is 21.1 Å². The molecule has 2 aliphatic heterocycles. The summed E-state index contributed by atoms with van der Waals surface area (Å²) in [5.74, 6) is 1.52. The van der Waals surface area contributed by atoms with Crippen LogP contribution in [0.1, 0.15) is 35.6 Å². The molecule has 2 aromatic rings. The normalized spacial score (nSPS) is 25.1. The smallest absolute Gasteiger partial charge is 0.119 e. The van der Waals surface area contributed by atoms with Crippen LogP contribution in [0.4, 0.5) is 0 Å². The van der Waals surface area contributed by atoms with E-state index in [1.165, 1.54) is 0 Å². The van der Waals surface area contributed by atoms with E-state index in [2.05, 4.69) is 30.1 Å². The van der Waals surface area contributed by atoms with Gasteiger partial charge in [-0.1, -0.05) is 35.9 Å². The van der Waals surface area contributed by atoms with Crippen molar-refractivity contribution in [3.63, 3.8) is 0 Å². The van der Waals surface area contributed by atoms with Crippen LogP contribution < -0.4 is 4.74 Å². The van der Waals surface area contributed by atoms with Crippen molar-refractivity contribution in [2.45, 2.75) is 37.6 Å². The quantitative estimate of drug-likeness (QED) is 0.703. The van der Waals surface area contributed by atoms with E-state index in [1.807, 2.05) is 24.3 Å². The summed E-state index contributed by atoms with van der Waals surface area (Å²) in [5.41, 5.74) is 3.16. The third kappa shape index (κ3) is 5.34. The number of halogens is 1. The molecule has 2 heterocycles. The maximum Gasteiger partial charge on any atom is 0.119 e. The van der Waals surface area contributed by atoms with E-state index in [0.29, 0.717) is 30.2 Å². The lowest BCUT2D eigenvalue weighted by atomic mass is 9.94. The fourth-order valence-corrected chi connectivity index (χ4v) is 4.51. The Morgan fingerprint density at radius 1 is 1.13 bits per heavy atom. The molecule has 0 aliphatic carbocycles. The van der Waals surface area contributed by atoms with Gasteiger partial charge < -0.3 is 24.6 Å². The van der Waals surface area contributed by atoms with Gasteiger partial charge in [0.1, 0.15) is 5.75 Å². The van der Waals surface area contributed by atoms with Gasteiger partial charge in [0, 0.05) is 36.9 Å². The molecular weight excluding hydrogens is 402 g/mol. The van der Waals surface area contributed by atoms with Gasteiger partial charge >= 0.3 is 0 Å². The monoisotopic (exact) mass is 431 g/mol. The zero-order valence-electron chi connectivity index (χ0n) is 17.3. The SMILES string of the molecule is CN1CC(COc2ccc(Cc3cc(C4CC(O)CC(CO)O4)ccc3Cl)cc2)C1. The molecule has 2 N–H and O–H groups in total. The Balaban J connectivity index is 1.39. The minimum absolute atomic E-state index is 0.0835. The Morgan fingerprint density at radius 3 is 2.60 bits per heavy atom. The summed E-state index contributed by atoms with van der Waals surface area (Å²) < 4.78 is 11.8. The van der Waals surface area contributed by atoms with Crippen molar-refractivity contribution in [1.82, 2.24) is 4.90 Å². The van der Waals surface area contributed by atoms with Gasteiger partial charge in [-0.15, -0.1) is 0 Å². The van der Waals surface area contributed by atoms with Crippen molar-refractivity contribution in [2.75, 3.05) is 33.4 Å². The highest BCUT2D eigenvalue weighted by molar-refractivity contribution is 6.31. The van der Waals surface area contributed by atoms with Crippen LogP contribution in [0.3, 0.4) is 0 Å². The molecule has 4 rings (SSSR count). The number of ether oxygens (including phenoxy) is 2. The van der Waals surface area contributed by atoms with Gasteiger partial charge in [0.25, 0.3) is 0 Å². The Bertz CT molecular complexity index is 838. The standard InChI is InChI=1S/C24H30ClNO4/c1-26-12-17(13-26)15-29-21-5-2-16(3-6-21)8-19-9-18(4-7-23(19)25)24-11-20(28)10-22(14-27)30-24/h2-7,9,17,20,22,24,27-28H,8,10-15H2,1H3. The van der Waals surface area contributed by atoms with Gasteiger partial charge in [-0.05, 0) is 48.4 Å². The van der Waals surface area contributed by atoms with Gasteiger partial charge in [-0.3, -0.25) is 0 Å². The molecule has 2 fully saturated rings. The first-order valence-electron chi connectivity index (χ1n) is 10.6. The first-order valence-corrected chi connectivity index (χ1v) is 11.0. The van der Waals surface area contributed by atoms with Gasteiger partial charge in [0.05, 0.1) is 31.5 Å². The number of hydrogen-bond acceptors (Lipinski definition) is 5. The van der Waals surface area contributed by atoms with Crippen molar-refractivity contribution in [1.29, 1.82) is 0 Å². The number of aliphatic hydroxyl groups excluding tert-OH is 2. The Hall–Kier alpha value is -1.63. The maximum absolute atomic E-state index is 10.1. The van der Waals surface area contributed by atoms with Crippen LogP contribution in [0, 0.1) is 5.92 Å². The molecule has 0 aromatic heterocycles. The fourth-order valence-electron chi connectivity index (χ4n) is 4.32. The maximum atomic E-state index is 10.1. The molecule has 2 aliphatic rings. The summed E-state index contributed by atoms with van der Waals surface area (Å²) >= 11 is 6.46. The zero-order valence-corrected chi connectivity index (χ0v) is 18.1. The lowest BCUT2D eigenvalue weighted by Crippen LogP contribution is -2.46. The van der Waals surface area contributed by atoms with E-state index >= 15 is 0 Å². The predicted octanol–water partition coefficient (Wildman–Crippen LogP) is 3.44. The second-order valence-electron chi connectivity index (χ2n) is 8.62. The van der Waals surface area contributed by atoms with Gasteiger partial charge in [-0.25, -0.2) is 0 Å². The Kier molecular flexibility index (Phi) is 6.96. The van der Waals surface area contributed by atoms with Crippen molar-refractivity contribution in [3.8, 4) is 5.75 Å². The van der Waals surface area contributed by atoms with Crippen LogP contribution in [0.5, 0.6) is 5.75 Å². The Morgan fingerprint density at radius 2 is 1.90 bits per heavy atom. The predicted molar refractivity (Wildman–Crippen MR) is 117 cm³/mol. The lowest BCUT2D eigenvalue weighted by molar-refractivity contribution is -0.113. The number of rotatable bonds is 7. The molecule has 0 saturated carbocycles. The molecule has 6 heteroatoms. The third-order valence-electron chi connectivity index (χ3n) is 5.97. The van der Waals surface area contributed by atoms with Crippen molar-refractivity contribution >= 4 is 11.6 Å². The van der Waals surface area contributed by atoms with Gasteiger partial charge in [0.15, 0.2) is 0 Å². The van der Waals surface area contributed by atoms with E-state index in [-0.39, 0.29) is 18.8 Å². The largest absolute Gasteiger partial charge is 0.493 e. The van der Waals surface area contributed by atoms with Gasteiger partial charge in [-0.2, -0.15) is 0 Å². The number of hydrogen-bond donors (Lipinski definition) is 2. The number of benzene rings is 2. The highest BCUT2D eigenvalue weighted by Crippen LogP contribution is 2.34. The van der Waals surface area contributed by atoms with Crippen LogP contribution >= 0.6 is 11.6 Å². The fraction of sp³-hybridized carbons (Fsp3) is 0.500. The summed E-state index contributed by atoms with van der Waals surface area (Å²) in [6, 6.07) is 14.1. The van der Waals surface area contributed by atoms with Crippen LogP contribution in [0.2, 0.25) is 5.02 Å². The van der Waals surface area contributed by atoms with Crippen LogP contribution in [-0.4, -0.2) is 60.7 Å². The summed E-state index contributed by atoms with van der Waals surface area (Å²) in [5, 5.41) is 20.2. The average molecular weight is 432 g/mol. The van der Waals surface area contributed by atoms with Crippen molar-refractivity contribution < 1.29 is 19.7 Å². The molecule has 0 amide bonds. The van der Waals surface area contributed by atoms with Crippen molar-refractivity contribution in [3.05, 3.63) is 64.2 Å². The second-order valence-corrected chi connectivity index (χ2v) is 9.03. The molecule has 162 valence electrons. The average Bonchev–Trinajstić information content (AvgIpc) is 2.72. The molecule has 2 saturated heterocycles. The van der Waals surface area contributed by atoms with E-state index in [1.54, 1.807) is 0 Å². The molecule has 0 bridgehead atoms. The highest BCUT2D eigenvalue weighted by atomic mass is 35.5. The summed E-state index contributed by atoms with van der Waals surface area (Å²) in [6.07, 6.45) is 0.681. The highest BCUT2D eigenvalue weighted by Gasteiger charge is 2.29. The second kappa shape index (κ2) is 9.67. The van der Waals surface area contributed by atoms with Crippen molar-refractivity contribution in [2.24, 2.45) is 5.92 Å². The molecule has 2 aromatic carbocycles. The molecule has 5 nitrogen and oxygen atoms in total. The van der Waals surface area contributed by atoms with Crippen LogP contribution in [-0.2, 0) is 11.2 Å². The molecular formula is C24H30ClNO4. The number of likely N-dealkylation sites (tertiary alicyclic amines) is 1. The van der Waals surface area contributed by atoms with E-state index in [0.717, 1.165) is 42.1 Å². The van der Waals surface area contributed by atoms with E-state index in [9.17, 15) is 10.2 Å². The minimum atomic E-state index is -0.465. The first-order chi connectivity index (χ1) is 14.5. The van der Waals surface area contributed by atoms with Crippen LogP contribution in [0.15, 0.2) is 42.5 Å². The van der Waals surface area contributed by atoms with E-state index < -0.39 is 6.10 Å². The Labute approximate surface area is 183 Å². The number of aliphatic hydroxyl groups is 2. The first kappa shape index (κ1) is 21.6. The third-order valence-corrected chi connectivity index (χ3v) is 6.34. The summed E-state index contributed by atoms with van der Waals surface area (Å²) in [4.78, 5) is 2.29. The molecule has 30 heavy (non-hydrogen) atoms. The molecule has 3 atom stereocenters. The summed E-state index contributed by atoms with van der Waals surface area (Å²) in [7, 11) is 2.12. The number of nitrogens with zero attached hydrogens (tertiary/aromatic N) is 1. The molecule has 3 unspecified atom stereocenters. The lowest BCUT2D eigenvalue weighted by Gasteiger charge is -2.35. The minimum Gasteiger partial charge on any atom is -0.493 e. The van der Waals surface area contributed by atoms with Crippen LogP contribution in [0.25, 0.3) is 0 Å².